The number of alkyl halides is 1. The van der Waals surface area contributed by atoms with Crippen LogP contribution < -0.4 is 4.74 Å². The third kappa shape index (κ3) is 2.44. The molecule has 0 unspecified atom stereocenters. The summed E-state index contributed by atoms with van der Waals surface area (Å²) in [6.07, 6.45) is 0. The standard InChI is InChI=1S/C12H12BrNO2/c1-2-15-11-5-3-9(4-6-11)12-7-10(8-13)14-16-12/h3-7H,2,8H2,1H3. The minimum atomic E-state index is 0.676. The second-order valence-electron chi connectivity index (χ2n) is 3.27. The lowest BCUT2D eigenvalue weighted by atomic mass is 10.1. The van der Waals surface area contributed by atoms with E-state index in [1.807, 2.05) is 37.3 Å². The van der Waals surface area contributed by atoms with E-state index < -0.39 is 0 Å². The van der Waals surface area contributed by atoms with E-state index in [0.29, 0.717) is 11.9 Å². The van der Waals surface area contributed by atoms with Crippen molar-refractivity contribution in [3.8, 4) is 17.1 Å². The number of hydrogen-bond donors (Lipinski definition) is 0. The second kappa shape index (κ2) is 5.16. The lowest BCUT2D eigenvalue weighted by Gasteiger charge is -2.02. The van der Waals surface area contributed by atoms with Crippen molar-refractivity contribution in [1.29, 1.82) is 0 Å². The Hall–Kier alpha value is -1.29. The fraction of sp³-hybridized carbons (Fsp3) is 0.250. The van der Waals surface area contributed by atoms with Crippen molar-refractivity contribution in [3.63, 3.8) is 0 Å². The Morgan fingerprint density at radius 3 is 2.62 bits per heavy atom. The molecule has 0 amide bonds. The molecular formula is C12H12BrNO2. The third-order valence-corrected chi connectivity index (χ3v) is 2.72. The largest absolute Gasteiger partial charge is 0.494 e. The first kappa shape index (κ1) is 11.2. The number of ether oxygens (including phenoxy) is 1. The molecular weight excluding hydrogens is 270 g/mol. The first-order chi connectivity index (χ1) is 7.83. The maximum absolute atomic E-state index is 5.37. The van der Waals surface area contributed by atoms with E-state index in [1.165, 1.54) is 0 Å². The van der Waals surface area contributed by atoms with Gasteiger partial charge in [-0.05, 0) is 31.2 Å². The summed E-state index contributed by atoms with van der Waals surface area (Å²) in [5, 5.41) is 4.62. The van der Waals surface area contributed by atoms with Crippen molar-refractivity contribution in [3.05, 3.63) is 36.0 Å². The summed E-state index contributed by atoms with van der Waals surface area (Å²) in [5.74, 6) is 1.64. The molecule has 0 fully saturated rings. The van der Waals surface area contributed by atoms with Gasteiger partial charge in [-0.15, -0.1) is 0 Å². The Morgan fingerprint density at radius 2 is 2.06 bits per heavy atom. The van der Waals surface area contributed by atoms with Crippen LogP contribution in [0.4, 0.5) is 0 Å². The molecule has 2 rings (SSSR count). The molecule has 4 heteroatoms. The van der Waals surface area contributed by atoms with E-state index in [4.69, 9.17) is 9.26 Å². The highest BCUT2D eigenvalue weighted by Gasteiger charge is 2.05. The van der Waals surface area contributed by atoms with Gasteiger partial charge in [0, 0.05) is 17.0 Å². The summed E-state index contributed by atoms with van der Waals surface area (Å²) in [4.78, 5) is 0. The van der Waals surface area contributed by atoms with Crippen molar-refractivity contribution in [2.45, 2.75) is 12.3 Å². The fourth-order valence-electron chi connectivity index (χ4n) is 1.39. The van der Waals surface area contributed by atoms with Crippen LogP contribution in [-0.2, 0) is 5.33 Å². The zero-order chi connectivity index (χ0) is 11.4. The van der Waals surface area contributed by atoms with Gasteiger partial charge in [0.25, 0.3) is 0 Å². The molecule has 0 saturated heterocycles. The SMILES string of the molecule is CCOc1ccc(-c2cc(CBr)no2)cc1. The molecule has 2 aromatic rings. The number of benzene rings is 1. The summed E-state index contributed by atoms with van der Waals surface area (Å²) in [5.41, 5.74) is 1.90. The van der Waals surface area contributed by atoms with Crippen LogP contribution in [0, 0.1) is 0 Å². The van der Waals surface area contributed by atoms with Crippen molar-refractivity contribution < 1.29 is 9.26 Å². The smallest absolute Gasteiger partial charge is 0.167 e. The van der Waals surface area contributed by atoms with Crippen LogP contribution in [0.3, 0.4) is 0 Å². The Morgan fingerprint density at radius 1 is 1.31 bits per heavy atom. The lowest BCUT2D eigenvalue weighted by Crippen LogP contribution is -1.90. The topological polar surface area (TPSA) is 35.3 Å². The maximum atomic E-state index is 5.37. The number of nitrogens with zero attached hydrogens (tertiary/aromatic N) is 1. The first-order valence-corrected chi connectivity index (χ1v) is 6.20. The van der Waals surface area contributed by atoms with Gasteiger partial charge < -0.3 is 9.26 Å². The molecule has 0 aliphatic rings. The van der Waals surface area contributed by atoms with Gasteiger partial charge in [-0.25, -0.2) is 0 Å². The molecule has 3 nitrogen and oxygen atoms in total. The molecule has 16 heavy (non-hydrogen) atoms. The van der Waals surface area contributed by atoms with Crippen LogP contribution in [-0.4, -0.2) is 11.8 Å². The monoisotopic (exact) mass is 281 g/mol. The molecule has 0 atom stereocenters. The quantitative estimate of drug-likeness (QED) is 0.803. The molecule has 1 heterocycles. The third-order valence-electron chi connectivity index (χ3n) is 2.15. The number of hydrogen-bond acceptors (Lipinski definition) is 3. The van der Waals surface area contributed by atoms with Crippen molar-refractivity contribution >= 4 is 15.9 Å². The van der Waals surface area contributed by atoms with Crippen LogP contribution in [0.1, 0.15) is 12.6 Å². The lowest BCUT2D eigenvalue weighted by molar-refractivity contribution is 0.340. The number of rotatable bonds is 4. The summed E-state index contributed by atoms with van der Waals surface area (Å²) >= 11 is 3.33. The van der Waals surface area contributed by atoms with Crippen LogP contribution in [0.2, 0.25) is 0 Å². The van der Waals surface area contributed by atoms with Crippen molar-refractivity contribution in [1.82, 2.24) is 5.16 Å². The zero-order valence-corrected chi connectivity index (χ0v) is 10.5. The van der Waals surface area contributed by atoms with Crippen LogP contribution in [0.5, 0.6) is 5.75 Å². The average Bonchev–Trinajstić information content (AvgIpc) is 2.79. The van der Waals surface area contributed by atoms with Gasteiger partial charge in [-0.3, -0.25) is 0 Å². The van der Waals surface area contributed by atoms with Crippen LogP contribution in [0.15, 0.2) is 34.9 Å². The fourth-order valence-corrected chi connectivity index (χ4v) is 1.66. The first-order valence-electron chi connectivity index (χ1n) is 5.08. The van der Waals surface area contributed by atoms with Crippen molar-refractivity contribution in [2.24, 2.45) is 0 Å². The maximum Gasteiger partial charge on any atom is 0.167 e. The predicted octanol–water partition coefficient (Wildman–Crippen LogP) is 3.64. The van der Waals surface area contributed by atoms with Gasteiger partial charge in [-0.2, -0.15) is 0 Å². The Balaban J connectivity index is 2.20. The Bertz CT molecular complexity index is 450. The van der Waals surface area contributed by atoms with E-state index in [2.05, 4.69) is 21.1 Å². The second-order valence-corrected chi connectivity index (χ2v) is 3.83. The molecule has 0 N–H and O–H groups in total. The van der Waals surface area contributed by atoms with E-state index in [9.17, 15) is 0 Å². The van der Waals surface area contributed by atoms with E-state index in [1.54, 1.807) is 0 Å². The molecule has 0 radical (unpaired) electrons. The van der Waals surface area contributed by atoms with E-state index >= 15 is 0 Å². The van der Waals surface area contributed by atoms with Gasteiger partial charge in [0.2, 0.25) is 0 Å². The summed E-state index contributed by atoms with van der Waals surface area (Å²) < 4.78 is 10.6. The Kier molecular flexibility index (Phi) is 3.62. The van der Waals surface area contributed by atoms with E-state index in [0.717, 1.165) is 22.8 Å². The molecule has 0 aliphatic carbocycles. The van der Waals surface area contributed by atoms with Gasteiger partial charge in [-0.1, -0.05) is 21.1 Å². The summed E-state index contributed by atoms with van der Waals surface area (Å²) in [6, 6.07) is 9.70. The average molecular weight is 282 g/mol. The van der Waals surface area contributed by atoms with Gasteiger partial charge in [0.15, 0.2) is 5.76 Å². The minimum absolute atomic E-state index is 0.676. The zero-order valence-electron chi connectivity index (χ0n) is 8.94. The molecule has 0 saturated carbocycles. The molecule has 0 spiro atoms. The van der Waals surface area contributed by atoms with Crippen molar-refractivity contribution in [2.75, 3.05) is 6.61 Å². The normalized spacial score (nSPS) is 10.4. The highest BCUT2D eigenvalue weighted by atomic mass is 79.9. The molecule has 1 aromatic carbocycles. The van der Waals surface area contributed by atoms with Gasteiger partial charge in [0.05, 0.1) is 12.3 Å². The number of aromatic nitrogens is 1. The van der Waals surface area contributed by atoms with Gasteiger partial charge >= 0.3 is 0 Å². The Labute approximate surface area is 103 Å². The predicted molar refractivity (Wildman–Crippen MR) is 65.7 cm³/mol. The molecule has 1 aromatic heterocycles. The minimum Gasteiger partial charge on any atom is -0.494 e. The molecule has 84 valence electrons. The highest BCUT2D eigenvalue weighted by Crippen LogP contribution is 2.23. The summed E-state index contributed by atoms with van der Waals surface area (Å²) in [7, 11) is 0. The van der Waals surface area contributed by atoms with E-state index in [-0.39, 0.29) is 0 Å². The highest BCUT2D eigenvalue weighted by molar-refractivity contribution is 9.08. The molecule has 0 bridgehead atoms. The van der Waals surface area contributed by atoms with Gasteiger partial charge in [0.1, 0.15) is 5.75 Å². The number of halogens is 1. The summed E-state index contributed by atoms with van der Waals surface area (Å²) in [6.45, 7) is 2.64. The van der Waals surface area contributed by atoms with Crippen LogP contribution >= 0.6 is 15.9 Å². The van der Waals surface area contributed by atoms with Crippen LogP contribution in [0.25, 0.3) is 11.3 Å². The molecule has 0 aliphatic heterocycles.